The number of carbonyl (C=O) groups excluding carboxylic acids is 2. The normalized spacial score (nSPS) is 18.5. The molecule has 2 amide bonds. The van der Waals surface area contributed by atoms with E-state index >= 15 is 0 Å². The molecule has 1 atom stereocenters. The van der Waals surface area contributed by atoms with Gasteiger partial charge in [0.1, 0.15) is 11.2 Å². The van der Waals surface area contributed by atoms with E-state index in [0.717, 1.165) is 21.0 Å². The summed E-state index contributed by atoms with van der Waals surface area (Å²) in [6, 6.07) is 7.44. The first-order valence-corrected chi connectivity index (χ1v) is 9.66. The van der Waals surface area contributed by atoms with Gasteiger partial charge in [-0.2, -0.15) is 0 Å². The van der Waals surface area contributed by atoms with Crippen molar-refractivity contribution in [1.82, 2.24) is 10.2 Å². The number of fused-ring (bicyclic) bond motifs is 3. The third-order valence-corrected chi connectivity index (χ3v) is 6.07. The van der Waals surface area contributed by atoms with Crippen LogP contribution in [0.4, 0.5) is 9.80 Å². The fourth-order valence-electron chi connectivity index (χ4n) is 3.35. The number of rotatable bonds is 2. The Bertz CT molecular complexity index is 883. The van der Waals surface area contributed by atoms with Crippen LogP contribution in [-0.2, 0) is 17.7 Å². The molecular weight excluding hydrogens is 374 g/mol. The van der Waals surface area contributed by atoms with E-state index in [1.807, 2.05) is 18.2 Å². The van der Waals surface area contributed by atoms with Crippen LogP contribution in [-0.4, -0.2) is 30.1 Å². The summed E-state index contributed by atoms with van der Waals surface area (Å²) in [5, 5.41) is 7.79. The molecule has 0 bridgehead atoms. The number of hydrogen-bond acceptors (Lipinski definition) is 5. The lowest BCUT2D eigenvalue weighted by molar-refractivity contribution is 0.0934. The second kappa shape index (κ2) is 6.81. The molecule has 26 heavy (non-hydrogen) atoms. The fraction of sp³-hybridized carbons (Fsp3) is 0.333. The monoisotopic (exact) mass is 391 g/mol. The van der Waals surface area contributed by atoms with E-state index in [1.54, 1.807) is 17.9 Å². The minimum atomic E-state index is -0.370. The van der Waals surface area contributed by atoms with Crippen molar-refractivity contribution in [3.63, 3.8) is 0 Å². The average Bonchev–Trinajstić information content (AvgIpc) is 3.00. The van der Waals surface area contributed by atoms with Crippen molar-refractivity contribution >= 4 is 39.9 Å². The Morgan fingerprint density at radius 2 is 2.19 bits per heavy atom. The molecule has 6 nitrogen and oxygen atoms in total. The summed E-state index contributed by atoms with van der Waals surface area (Å²) in [5.41, 5.74) is 2.54. The zero-order valence-corrected chi connectivity index (χ0v) is 15.7. The van der Waals surface area contributed by atoms with Gasteiger partial charge >= 0.3 is 6.09 Å². The highest BCUT2D eigenvalue weighted by Gasteiger charge is 2.34. The van der Waals surface area contributed by atoms with Crippen LogP contribution in [0.5, 0.6) is 0 Å². The molecule has 0 spiro atoms. The first kappa shape index (κ1) is 17.2. The van der Waals surface area contributed by atoms with E-state index in [0.29, 0.717) is 36.7 Å². The van der Waals surface area contributed by atoms with E-state index < -0.39 is 0 Å². The van der Waals surface area contributed by atoms with Gasteiger partial charge in [0.25, 0.3) is 5.91 Å². The van der Waals surface area contributed by atoms with Gasteiger partial charge in [-0.15, -0.1) is 11.3 Å². The van der Waals surface area contributed by atoms with Gasteiger partial charge in [-0.05, 0) is 25.0 Å². The highest BCUT2D eigenvalue weighted by Crippen LogP contribution is 2.41. The van der Waals surface area contributed by atoms with Crippen LogP contribution in [0, 0.1) is 0 Å². The average molecular weight is 392 g/mol. The van der Waals surface area contributed by atoms with Crippen molar-refractivity contribution in [1.29, 1.82) is 0 Å². The minimum absolute atomic E-state index is 0.106. The molecule has 0 saturated heterocycles. The second-order valence-corrected chi connectivity index (χ2v) is 7.66. The third-order valence-electron chi connectivity index (χ3n) is 4.58. The molecule has 8 heteroatoms. The molecule has 1 aromatic heterocycles. The molecule has 2 aliphatic heterocycles. The lowest BCUT2D eigenvalue weighted by atomic mass is 10.0. The standard InChI is InChI=1S/C18H18ClN3O3S/c1-2-25-18(24)22-8-7-11-13(9-22)26-17-14(11)16(23)20-15(21-17)10-5-3-4-6-12(10)19/h3-6,15,21H,2,7-9H2,1H3,(H,20,23). The molecule has 2 N–H and O–H groups in total. The third kappa shape index (κ3) is 2.91. The molecule has 2 aromatic rings. The largest absolute Gasteiger partial charge is 0.450 e. The summed E-state index contributed by atoms with van der Waals surface area (Å²) in [6.07, 6.45) is -0.0351. The number of benzene rings is 1. The Morgan fingerprint density at radius 1 is 1.38 bits per heavy atom. The Kier molecular flexibility index (Phi) is 4.50. The molecule has 136 valence electrons. The molecular formula is C18H18ClN3O3S. The molecule has 4 rings (SSSR count). The predicted octanol–water partition coefficient (Wildman–Crippen LogP) is 3.77. The van der Waals surface area contributed by atoms with E-state index in [4.69, 9.17) is 16.3 Å². The van der Waals surface area contributed by atoms with Gasteiger partial charge in [0, 0.05) is 22.0 Å². The van der Waals surface area contributed by atoms with Crippen LogP contribution in [0.1, 0.15) is 39.5 Å². The van der Waals surface area contributed by atoms with E-state index in [9.17, 15) is 9.59 Å². The molecule has 0 fully saturated rings. The molecule has 0 saturated carbocycles. The van der Waals surface area contributed by atoms with Crippen LogP contribution in [0.25, 0.3) is 0 Å². The number of halogens is 1. The lowest BCUT2D eigenvalue weighted by Gasteiger charge is -2.28. The van der Waals surface area contributed by atoms with Gasteiger partial charge in [0.15, 0.2) is 0 Å². The number of anilines is 1. The van der Waals surface area contributed by atoms with Crippen molar-refractivity contribution in [2.75, 3.05) is 18.5 Å². The number of hydrogen-bond donors (Lipinski definition) is 2. The fourth-order valence-corrected chi connectivity index (χ4v) is 4.88. The molecule has 3 heterocycles. The predicted molar refractivity (Wildman–Crippen MR) is 101 cm³/mol. The summed E-state index contributed by atoms with van der Waals surface area (Å²) in [7, 11) is 0. The summed E-state index contributed by atoms with van der Waals surface area (Å²) >= 11 is 7.79. The zero-order chi connectivity index (χ0) is 18.3. The minimum Gasteiger partial charge on any atom is -0.450 e. The Morgan fingerprint density at radius 3 is 2.96 bits per heavy atom. The maximum Gasteiger partial charge on any atom is 0.410 e. The quantitative estimate of drug-likeness (QED) is 0.817. The molecule has 0 aliphatic carbocycles. The van der Waals surface area contributed by atoms with Crippen LogP contribution in [0.2, 0.25) is 5.02 Å². The van der Waals surface area contributed by atoms with Gasteiger partial charge in [-0.25, -0.2) is 4.79 Å². The Labute approximate surface area is 160 Å². The number of thiophene rings is 1. The summed E-state index contributed by atoms with van der Waals surface area (Å²) in [6.45, 7) is 3.17. The van der Waals surface area contributed by atoms with Crippen LogP contribution in [0.15, 0.2) is 24.3 Å². The van der Waals surface area contributed by atoms with Crippen molar-refractivity contribution < 1.29 is 14.3 Å². The van der Waals surface area contributed by atoms with Crippen LogP contribution >= 0.6 is 22.9 Å². The van der Waals surface area contributed by atoms with Crippen molar-refractivity contribution in [3.8, 4) is 0 Å². The first-order chi connectivity index (χ1) is 12.6. The highest BCUT2D eigenvalue weighted by molar-refractivity contribution is 7.16. The molecule has 1 aromatic carbocycles. The summed E-state index contributed by atoms with van der Waals surface area (Å²) < 4.78 is 5.09. The Hall–Kier alpha value is -2.25. The number of ether oxygens (including phenoxy) is 1. The lowest BCUT2D eigenvalue weighted by Crippen LogP contribution is -2.39. The van der Waals surface area contributed by atoms with Gasteiger partial charge in [-0.1, -0.05) is 29.8 Å². The maximum absolute atomic E-state index is 12.7. The summed E-state index contributed by atoms with van der Waals surface area (Å²) in [5.74, 6) is -0.106. The number of amides is 2. The van der Waals surface area contributed by atoms with Gasteiger partial charge in [0.2, 0.25) is 0 Å². The summed E-state index contributed by atoms with van der Waals surface area (Å²) in [4.78, 5) is 27.4. The first-order valence-electron chi connectivity index (χ1n) is 8.46. The topological polar surface area (TPSA) is 70.7 Å². The number of nitrogens with one attached hydrogen (secondary N) is 2. The smallest absolute Gasteiger partial charge is 0.410 e. The van der Waals surface area contributed by atoms with Crippen molar-refractivity contribution in [3.05, 3.63) is 50.9 Å². The number of carbonyl (C=O) groups is 2. The highest BCUT2D eigenvalue weighted by atomic mass is 35.5. The van der Waals surface area contributed by atoms with E-state index in [1.165, 1.54) is 11.3 Å². The number of nitrogens with zero attached hydrogens (tertiary/aromatic N) is 1. The molecule has 1 unspecified atom stereocenters. The van der Waals surface area contributed by atoms with Gasteiger partial charge < -0.3 is 20.3 Å². The van der Waals surface area contributed by atoms with Crippen molar-refractivity contribution in [2.45, 2.75) is 26.1 Å². The molecule has 0 radical (unpaired) electrons. The van der Waals surface area contributed by atoms with E-state index in [-0.39, 0.29) is 18.2 Å². The SMILES string of the molecule is CCOC(=O)N1CCc2c(sc3c2C(=O)NC(c2ccccc2Cl)N3)C1. The zero-order valence-electron chi connectivity index (χ0n) is 14.2. The van der Waals surface area contributed by atoms with Gasteiger partial charge in [0.05, 0.1) is 18.7 Å². The van der Waals surface area contributed by atoms with E-state index in [2.05, 4.69) is 10.6 Å². The molecule has 2 aliphatic rings. The van der Waals surface area contributed by atoms with Crippen LogP contribution < -0.4 is 10.6 Å². The van der Waals surface area contributed by atoms with Crippen LogP contribution in [0.3, 0.4) is 0 Å². The van der Waals surface area contributed by atoms with Crippen molar-refractivity contribution in [2.24, 2.45) is 0 Å². The maximum atomic E-state index is 12.7. The van der Waals surface area contributed by atoms with Gasteiger partial charge in [-0.3, -0.25) is 4.79 Å². The second-order valence-electron chi connectivity index (χ2n) is 6.15. The Balaban J connectivity index is 1.62.